The third kappa shape index (κ3) is 4.65. The Kier molecular flexibility index (Phi) is 7.09. The first-order valence-corrected chi connectivity index (χ1v) is 11.7. The number of oxime groups is 1. The van der Waals surface area contributed by atoms with Gasteiger partial charge in [0.05, 0.1) is 12.8 Å². The molecule has 0 bridgehead atoms. The molecule has 6 nitrogen and oxygen atoms in total. The quantitative estimate of drug-likeness (QED) is 0.257. The largest absolute Gasteiger partial charge is 0.492 e. The average molecular weight is 441 g/mol. The van der Waals surface area contributed by atoms with Crippen LogP contribution in [-0.4, -0.2) is 43.3 Å². The molecule has 0 amide bonds. The SMILES string of the molecule is COc1c2c(cc3c1[C@@H](CC(=NO)C1=CC[C@H](CCC=C(C)C)CC1)N(C)CC3)OCO2. The number of fused-ring (bicyclic) bond motifs is 2. The fourth-order valence-electron chi connectivity index (χ4n) is 5.22. The molecule has 2 heterocycles. The van der Waals surface area contributed by atoms with Gasteiger partial charge < -0.3 is 19.4 Å². The molecule has 32 heavy (non-hydrogen) atoms. The van der Waals surface area contributed by atoms with Gasteiger partial charge in [-0.15, -0.1) is 0 Å². The predicted octanol–water partition coefficient (Wildman–Crippen LogP) is 5.65. The number of benzene rings is 1. The van der Waals surface area contributed by atoms with Crippen LogP contribution in [0.4, 0.5) is 0 Å². The van der Waals surface area contributed by atoms with Crippen molar-refractivity contribution in [3.8, 4) is 17.2 Å². The Morgan fingerprint density at radius 2 is 2.16 bits per heavy atom. The van der Waals surface area contributed by atoms with Crippen molar-refractivity contribution in [1.82, 2.24) is 4.90 Å². The molecule has 6 heteroatoms. The molecule has 2 aliphatic heterocycles. The molecule has 174 valence electrons. The van der Waals surface area contributed by atoms with E-state index < -0.39 is 0 Å². The van der Waals surface area contributed by atoms with Crippen molar-refractivity contribution in [2.75, 3.05) is 27.5 Å². The molecule has 0 saturated heterocycles. The van der Waals surface area contributed by atoms with E-state index in [-0.39, 0.29) is 12.8 Å². The molecular weight excluding hydrogens is 404 g/mol. The van der Waals surface area contributed by atoms with Crippen LogP contribution in [0.1, 0.15) is 69.5 Å². The van der Waals surface area contributed by atoms with Gasteiger partial charge in [-0.1, -0.05) is 22.9 Å². The van der Waals surface area contributed by atoms with Crippen LogP contribution in [0.25, 0.3) is 0 Å². The molecule has 0 aromatic heterocycles. The minimum Gasteiger partial charge on any atom is -0.492 e. The summed E-state index contributed by atoms with van der Waals surface area (Å²) in [6.07, 6.45) is 11.8. The van der Waals surface area contributed by atoms with Crippen LogP contribution in [0.5, 0.6) is 17.2 Å². The lowest BCUT2D eigenvalue weighted by Crippen LogP contribution is -2.34. The zero-order valence-electron chi connectivity index (χ0n) is 19.8. The molecule has 0 spiro atoms. The zero-order chi connectivity index (χ0) is 22.7. The Morgan fingerprint density at radius 3 is 2.84 bits per heavy atom. The van der Waals surface area contributed by atoms with Gasteiger partial charge in [0.2, 0.25) is 12.5 Å². The Balaban J connectivity index is 1.53. The first-order valence-electron chi connectivity index (χ1n) is 11.7. The van der Waals surface area contributed by atoms with Gasteiger partial charge in [0.15, 0.2) is 11.5 Å². The number of hydrogen-bond acceptors (Lipinski definition) is 6. The van der Waals surface area contributed by atoms with Crippen LogP contribution in [-0.2, 0) is 6.42 Å². The van der Waals surface area contributed by atoms with E-state index in [1.807, 2.05) is 0 Å². The van der Waals surface area contributed by atoms with Gasteiger partial charge in [0, 0.05) is 24.6 Å². The van der Waals surface area contributed by atoms with Crippen molar-refractivity contribution < 1.29 is 19.4 Å². The van der Waals surface area contributed by atoms with Gasteiger partial charge in [-0.3, -0.25) is 4.90 Å². The summed E-state index contributed by atoms with van der Waals surface area (Å²) < 4.78 is 17.2. The van der Waals surface area contributed by atoms with Gasteiger partial charge in [0.1, 0.15) is 0 Å². The molecule has 3 aliphatic rings. The minimum atomic E-state index is 0.0605. The molecule has 0 radical (unpaired) electrons. The second kappa shape index (κ2) is 9.99. The van der Waals surface area contributed by atoms with E-state index >= 15 is 0 Å². The maximum absolute atomic E-state index is 9.94. The third-order valence-electron chi connectivity index (χ3n) is 7.07. The van der Waals surface area contributed by atoms with E-state index in [2.05, 4.69) is 49.2 Å². The van der Waals surface area contributed by atoms with Crippen molar-refractivity contribution in [3.63, 3.8) is 0 Å². The van der Waals surface area contributed by atoms with Crippen LogP contribution in [0.15, 0.2) is 34.5 Å². The summed E-state index contributed by atoms with van der Waals surface area (Å²) in [7, 11) is 3.81. The van der Waals surface area contributed by atoms with Crippen LogP contribution in [0.2, 0.25) is 0 Å². The Labute approximate surface area is 191 Å². The van der Waals surface area contributed by atoms with E-state index in [0.717, 1.165) is 61.4 Å². The lowest BCUT2D eigenvalue weighted by atomic mass is 9.82. The highest BCUT2D eigenvalue weighted by atomic mass is 16.7. The molecule has 4 rings (SSSR count). The predicted molar refractivity (Wildman–Crippen MR) is 126 cm³/mol. The standard InChI is InChI=1S/C26H36N2O4/c1-17(2)6-5-7-18-8-10-19(11-9-18)21(27-29)15-22-24-20(12-13-28(22)3)14-23-25(26(24)30-4)32-16-31-23/h6,10,14,18,22,29H,5,7-9,11-13,15-16H2,1-4H3/t18-,22+/m0/s1. The molecule has 1 aromatic rings. The summed E-state index contributed by atoms with van der Waals surface area (Å²) >= 11 is 0. The topological polar surface area (TPSA) is 63.5 Å². The second-order valence-corrected chi connectivity index (χ2v) is 9.44. The van der Waals surface area contributed by atoms with Crippen LogP contribution in [0.3, 0.4) is 0 Å². The normalized spacial score (nSPS) is 22.9. The Hall–Kier alpha value is -2.47. The number of rotatable bonds is 7. The van der Waals surface area contributed by atoms with Crippen LogP contribution in [0, 0.1) is 5.92 Å². The Bertz CT molecular complexity index is 930. The molecule has 0 saturated carbocycles. The molecular formula is C26H36N2O4. The van der Waals surface area contributed by atoms with Crippen molar-refractivity contribution in [1.29, 1.82) is 0 Å². The van der Waals surface area contributed by atoms with Gasteiger partial charge >= 0.3 is 0 Å². The highest BCUT2D eigenvalue weighted by Crippen LogP contribution is 2.50. The van der Waals surface area contributed by atoms with E-state index in [1.165, 1.54) is 23.1 Å². The highest BCUT2D eigenvalue weighted by Gasteiger charge is 2.35. The smallest absolute Gasteiger partial charge is 0.231 e. The van der Waals surface area contributed by atoms with Crippen molar-refractivity contribution in [2.24, 2.45) is 11.1 Å². The van der Waals surface area contributed by atoms with E-state index in [9.17, 15) is 5.21 Å². The lowest BCUT2D eigenvalue weighted by Gasteiger charge is -2.36. The number of hydrogen-bond donors (Lipinski definition) is 1. The molecule has 1 aromatic carbocycles. The monoisotopic (exact) mass is 440 g/mol. The fraction of sp³-hybridized carbons (Fsp3) is 0.577. The van der Waals surface area contributed by atoms with E-state index in [0.29, 0.717) is 18.1 Å². The number of allylic oxidation sites excluding steroid dienone is 4. The van der Waals surface area contributed by atoms with Crippen LogP contribution >= 0.6 is 0 Å². The maximum Gasteiger partial charge on any atom is 0.231 e. The fourth-order valence-corrected chi connectivity index (χ4v) is 5.22. The van der Waals surface area contributed by atoms with Gasteiger partial charge in [0.25, 0.3) is 0 Å². The van der Waals surface area contributed by atoms with E-state index in [1.54, 1.807) is 7.11 Å². The zero-order valence-corrected chi connectivity index (χ0v) is 19.8. The number of likely N-dealkylation sites (N-methyl/N-ethyl adjacent to an activating group) is 1. The van der Waals surface area contributed by atoms with Crippen molar-refractivity contribution in [3.05, 3.63) is 40.5 Å². The Morgan fingerprint density at radius 1 is 1.31 bits per heavy atom. The number of methoxy groups -OCH3 is 1. The first kappa shape index (κ1) is 22.7. The molecule has 0 unspecified atom stereocenters. The maximum atomic E-state index is 9.94. The average Bonchev–Trinajstić information content (AvgIpc) is 3.26. The molecule has 1 aliphatic carbocycles. The summed E-state index contributed by atoms with van der Waals surface area (Å²) in [5, 5.41) is 13.7. The summed E-state index contributed by atoms with van der Waals surface area (Å²) in [6.45, 7) is 5.47. The lowest BCUT2D eigenvalue weighted by molar-refractivity contribution is 0.170. The van der Waals surface area contributed by atoms with Gasteiger partial charge in [-0.2, -0.15) is 0 Å². The van der Waals surface area contributed by atoms with Gasteiger partial charge in [-0.25, -0.2) is 0 Å². The molecule has 0 fully saturated rings. The number of ether oxygens (including phenoxy) is 3. The minimum absolute atomic E-state index is 0.0605. The summed E-state index contributed by atoms with van der Waals surface area (Å²) in [5.74, 6) is 2.91. The second-order valence-electron chi connectivity index (χ2n) is 9.44. The summed E-state index contributed by atoms with van der Waals surface area (Å²) in [5.41, 5.74) is 5.72. The highest BCUT2D eigenvalue weighted by molar-refractivity contribution is 6.00. The number of nitrogens with zero attached hydrogens (tertiary/aromatic N) is 2. The molecule has 2 atom stereocenters. The summed E-state index contributed by atoms with van der Waals surface area (Å²) in [6, 6.07) is 2.15. The van der Waals surface area contributed by atoms with Gasteiger partial charge in [-0.05, 0) is 82.5 Å². The van der Waals surface area contributed by atoms with Crippen molar-refractivity contribution in [2.45, 2.75) is 64.8 Å². The molecule has 1 N–H and O–H groups in total. The van der Waals surface area contributed by atoms with Crippen LogP contribution < -0.4 is 14.2 Å². The van der Waals surface area contributed by atoms with E-state index in [4.69, 9.17) is 14.2 Å². The summed E-state index contributed by atoms with van der Waals surface area (Å²) in [4.78, 5) is 2.32. The first-order chi connectivity index (χ1) is 15.5. The third-order valence-corrected chi connectivity index (χ3v) is 7.07. The van der Waals surface area contributed by atoms with Crippen molar-refractivity contribution >= 4 is 5.71 Å².